The number of carbonyl (C=O) groups excluding carboxylic acids is 2. The van der Waals surface area contributed by atoms with Crippen LogP contribution in [0.4, 0.5) is 8.78 Å². The van der Waals surface area contributed by atoms with Gasteiger partial charge in [-0.2, -0.15) is 0 Å². The summed E-state index contributed by atoms with van der Waals surface area (Å²) in [6, 6.07) is 2.58. The number of pyridine rings is 1. The molecule has 0 atom stereocenters. The third-order valence-electron chi connectivity index (χ3n) is 2.72. The number of carbonyl (C=O) groups is 2. The van der Waals surface area contributed by atoms with Crippen LogP contribution in [0.3, 0.4) is 0 Å². The Labute approximate surface area is 102 Å². The Bertz CT molecular complexity index is 505. The average molecular weight is 255 g/mol. The Hall–Kier alpha value is -2.05. The van der Waals surface area contributed by atoms with Crippen LogP contribution in [0.5, 0.6) is 0 Å². The van der Waals surface area contributed by atoms with Crippen molar-refractivity contribution < 1.29 is 18.4 Å². The van der Waals surface area contributed by atoms with Crippen molar-refractivity contribution in [1.29, 1.82) is 0 Å². The van der Waals surface area contributed by atoms with E-state index in [2.05, 4.69) is 4.98 Å². The number of amides is 2. The van der Waals surface area contributed by atoms with E-state index in [1.165, 1.54) is 18.3 Å². The second-order valence-electron chi connectivity index (χ2n) is 4.13. The summed E-state index contributed by atoms with van der Waals surface area (Å²) in [5, 5.41) is 0. The summed E-state index contributed by atoms with van der Waals surface area (Å²) in [7, 11) is 0. The first-order valence-electron chi connectivity index (χ1n) is 5.32. The maximum Gasteiger partial charge on any atom is 0.267 e. The molecule has 0 aromatic carbocycles. The van der Waals surface area contributed by atoms with Crippen molar-refractivity contribution in [1.82, 2.24) is 9.88 Å². The van der Waals surface area contributed by atoms with E-state index in [9.17, 15) is 18.4 Å². The molecule has 2 heterocycles. The normalized spacial score (nSPS) is 17.8. The average Bonchev–Trinajstić information content (AvgIpc) is 2.69. The highest BCUT2D eigenvalue weighted by atomic mass is 19.3. The van der Waals surface area contributed by atoms with Crippen LogP contribution >= 0.6 is 0 Å². The number of halogens is 2. The zero-order valence-electron chi connectivity index (χ0n) is 9.40. The third kappa shape index (κ3) is 2.44. The molecule has 2 N–H and O–H groups in total. The second kappa shape index (κ2) is 4.32. The molecule has 0 spiro atoms. The molecule has 0 radical (unpaired) electrons. The van der Waals surface area contributed by atoms with Crippen molar-refractivity contribution in [3.05, 3.63) is 29.6 Å². The minimum absolute atomic E-state index is 0.0000605. The Morgan fingerprint density at radius 1 is 1.44 bits per heavy atom. The fourth-order valence-corrected chi connectivity index (χ4v) is 1.79. The van der Waals surface area contributed by atoms with Gasteiger partial charge in [0.1, 0.15) is 5.69 Å². The standard InChI is InChI=1S/C11H11F2N3O2/c12-11(13)2-4-16(6-11)10(18)7-1-3-15-8(5-7)9(14)17/h1,3,5H,2,4,6H2,(H2,14,17). The summed E-state index contributed by atoms with van der Waals surface area (Å²) in [6.45, 7) is -0.597. The smallest absolute Gasteiger partial charge is 0.267 e. The number of nitrogens with zero attached hydrogens (tertiary/aromatic N) is 2. The molecule has 1 aromatic heterocycles. The fourth-order valence-electron chi connectivity index (χ4n) is 1.79. The minimum Gasteiger partial charge on any atom is -0.364 e. The van der Waals surface area contributed by atoms with Crippen LogP contribution in [0.15, 0.2) is 18.3 Å². The number of rotatable bonds is 2. The predicted molar refractivity (Wildman–Crippen MR) is 58.2 cm³/mol. The molecule has 0 saturated carbocycles. The SMILES string of the molecule is NC(=O)c1cc(C(=O)N2CCC(F)(F)C2)ccn1. The summed E-state index contributed by atoms with van der Waals surface area (Å²) in [5.41, 5.74) is 5.11. The molecule has 96 valence electrons. The van der Waals surface area contributed by atoms with Gasteiger partial charge in [-0.1, -0.05) is 0 Å². The van der Waals surface area contributed by atoms with Gasteiger partial charge in [-0.15, -0.1) is 0 Å². The minimum atomic E-state index is -2.84. The summed E-state index contributed by atoms with van der Waals surface area (Å²) in [5.74, 6) is -4.15. The van der Waals surface area contributed by atoms with E-state index in [0.717, 1.165) is 4.90 Å². The van der Waals surface area contributed by atoms with E-state index in [-0.39, 0.29) is 24.2 Å². The zero-order chi connectivity index (χ0) is 13.3. The highest BCUT2D eigenvalue weighted by Gasteiger charge is 2.40. The third-order valence-corrected chi connectivity index (χ3v) is 2.72. The van der Waals surface area contributed by atoms with Crippen molar-refractivity contribution >= 4 is 11.8 Å². The molecular formula is C11H11F2N3O2. The highest BCUT2D eigenvalue weighted by molar-refractivity contribution is 5.98. The number of hydrogen-bond donors (Lipinski definition) is 1. The summed E-state index contributed by atoms with van der Waals surface area (Å²) >= 11 is 0. The van der Waals surface area contributed by atoms with Crippen molar-refractivity contribution in [2.24, 2.45) is 5.73 Å². The molecule has 2 amide bonds. The van der Waals surface area contributed by atoms with E-state index in [1.807, 2.05) is 0 Å². The fraction of sp³-hybridized carbons (Fsp3) is 0.364. The monoisotopic (exact) mass is 255 g/mol. The van der Waals surface area contributed by atoms with Crippen LogP contribution in [0.1, 0.15) is 27.3 Å². The molecular weight excluding hydrogens is 244 g/mol. The van der Waals surface area contributed by atoms with E-state index in [4.69, 9.17) is 5.73 Å². The van der Waals surface area contributed by atoms with Crippen LogP contribution in [-0.4, -0.2) is 40.7 Å². The molecule has 0 bridgehead atoms. The van der Waals surface area contributed by atoms with Crippen LogP contribution in [0, 0.1) is 0 Å². The van der Waals surface area contributed by atoms with Crippen molar-refractivity contribution in [3.8, 4) is 0 Å². The first-order chi connectivity index (χ1) is 8.39. The number of hydrogen-bond acceptors (Lipinski definition) is 3. The van der Waals surface area contributed by atoms with Gasteiger partial charge < -0.3 is 10.6 Å². The lowest BCUT2D eigenvalue weighted by atomic mass is 10.2. The van der Waals surface area contributed by atoms with Gasteiger partial charge in [-0.25, -0.2) is 8.78 Å². The lowest BCUT2D eigenvalue weighted by molar-refractivity contribution is 0.0120. The van der Waals surface area contributed by atoms with Crippen LogP contribution in [-0.2, 0) is 0 Å². The first-order valence-corrected chi connectivity index (χ1v) is 5.32. The van der Waals surface area contributed by atoms with Crippen molar-refractivity contribution in [2.75, 3.05) is 13.1 Å². The van der Waals surface area contributed by atoms with Crippen LogP contribution < -0.4 is 5.73 Å². The number of alkyl halides is 2. The maximum absolute atomic E-state index is 13.0. The lowest BCUT2D eigenvalue weighted by Gasteiger charge is -2.16. The molecule has 2 rings (SSSR count). The topological polar surface area (TPSA) is 76.3 Å². The molecule has 1 aromatic rings. The summed E-state index contributed by atoms with van der Waals surface area (Å²) in [4.78, 5) is 27.6. The summed E-state index contributed by atoms with van der Waals surface area (Å²) in [6.07, 6.45) is 0.911. The van der Waals surface area contributed by atoms with E-state index in [0.29, 0.717) is 0 Å². The van der Waals surface area contributed by atoms with E-state index in [1.54, 1.807) is 0 Å². The van der Waals surface area contributed by atoms with Gasteiger partial charge in [0.05, 0.1) is 6.54 Å². The molecule has 1 fully saturated rings. The van der Waals surface area contributed by atoms with Gasteiger partial charge in [0, 0.05) is 24.7 Å². The van der Waals surface area contributed by atoms with Crippen molar-refractivity contribution in [2.45, 2.75) is 12.3 Å². The molecule has 1 aliphatic rings. The lowest BCUT2D eigenvalue weighted by Crippen LogP contribution is -2.31. The van der Waals surface area contributed by atoms with Gasteiger partial charge in [0.2, 0.25) is 0 Å². The Morgan fingerprint density at radius 3 is 2.72 bits per heavy atom. The van der Waals surface area contributed by atoms with Crippen LogP contribution in [0.2, 0.25) is 0 Å². The Morgan fingerprint density at radius 2 is 2.17 bits per heavy atom. The number of primary amides is 1. The van der Waals surface area contributed by atoms with Gasteiger partial charge in [-0.3, -0.25) is 14.6 Å². The molecule has 0 aliphatic carbocycles. The Balaban J connectivity index is 2.19. The Kier molecular flexibility index (Phi) is 2.98. The first kappa shape index (κ1) is 12.4. The molecule has 1 aliphatic heterocycles. The van der Waals surface area contributed by atoms with E-state index >= 15 is 0 Å². The predicted octanol–water partition coefficient (Wildman–Crippen LogP) is 0.662. The second-order valence-corrected chi connectivity index (χ2v) is 4.13. The molecule has 0 unspecified atom stereocenters. The quantitative estimate of drug-likeness (QED) is 0.843. The maximum atomic E-state index is 13.0. The molecule has 1 saturated heterocycles. The van der Waals surface area contributed by atoms with Gasteiger partial charge in [0.25, 0.3) is 17.7 Å². The van der Waals surface area contributed by atoms with E-state index < -0.39 is 24.3 Å². The summed E-state index contributed by atoms with van der Waals surface area (Å²) < 4.78 is 26.0. The van der Waals surface area contributed by atoms with Gasteiger partial charge >= 0.3 is 0 Å². The number of nitrogens with two attached hydrogens (primary N) is 1. The van der Waals surface area contributed by atoms with Gasteiger partial charge in [-0.05, 0) is 12.1 Å². The van der Waals surface area contributed by atoms with Crippen LogP contribution in [0.25, 0.3) is 0 Å². The highest BCUT2D eigenvalue weighted by Crippen LogP contribution is 2.27. The zero-order valence-corrected chi connectivity index (χ0v) is 9.40. The van der Waals surface area contributed by atoms with Gasteiger partial charge in [0.15, 0.2) is 0 Å². The van der Waals surface area contributed by atoms with Crippen molar-refractivity contribution in [3.63, 3.8) is 0 Å². The largest absolute Gasteiger partial charge is 0.364 e. The molecule has 7 heteroatoms. The molecule has 5 nitrogen and oxygen atoms in total. The number of likely N-dealkylation sites (tertiary alicyclic amines) is 1. The number of aromatic nitrogens is 1. The molecule has 18 heavy (non-hydrogen) atoms.